The van der Waals surface area contributed by atoms with Crippen molar-refractivity contribution in [1.82, 2.24) is 49.6 Å². The molecule has 13 rings (SSSR count). The van der Waals surface area contributed by atoms with Gasteiger partial charge in [0.25, 0.3) is 0 Å². The van der Waals surface area contributed by atoms with Gasteiger partial charge in [0.2, 0.25) is 11.6 Å². The molecule has 3 aromatic carbocycles. The van der Waals surface area contributed by atoms with Crippen molar-refractivity contribution in [2.45, 2.75) is 65.5 Å². The van der Waals surface area contributed by atoms with E-state index in [-0.39, 0.29) is 18.3 Å². The van der Waals surface area contributed by atoms with Gasteiger partial charge in [0, 0.05) is 73.5 Å². The molecule has 0 radical (unpaired) electrons. The molecule has 0 fully saturated rings. The van der Waals surface area contributed by atoms with Gasteiger partial charge in [-0.25, -0.2) is 39.7 Å². The van der Waals surface area contributed by atoms with Crippen LogP contribution >= 0.6 is 68.8 Å². The summed E-state index contributed by atoms with van der Waals surface area (Å²) in [6.45, 7) is 9.38. The van der Waals surface area contributed by atoms with Gasteiger partial charge in [-0.15, -0.1) is 34.0 Å². The number of fused-ring (bicyclic) bond motifs is 9. The number of likely N-dealkylation sites (N-methyl/N-ethyl adjacent to an activating group) is 3. The van der Waals surface area contributed by atoms with Gasteiger partial charge in [-0.2, -0.15) is 0 Å². The highest BCUT2D eigenvalue weighted by atomic mass is 35.5. The van der Waals surface area contributed by atoms with Gasteiger partial charge < -0.3 is 54.0 Å². The number of hydrogen-bond acceptors (Lipinski definition) is 23. The Labute approximate surface area is 529 Å². The molecule has 0 amide bonds. The van der Waals surface area contributed by atoms with E-state index in [0.717, 1.165) is 112 Å². The molecule has 0 unspecified atom stereocenters. The Morgan fingerprint density at radius 2 is 1.02 bits per heavy atom. The minimum absolute atomic E-state index is 0.0755. The molecule has 10 aromatic rings. The predicted octanol–water partition coefficient (Wildman–Crippen LogP) is 12.5. The van der Waals surface area contributed by atoms with E-state index in [2.05, 4.69) is 76.7 Å². The molecule has 0 spiro atoms. The number of carbonyl (C=O) groups is 2. The van der Waals surface area contributed by atoms with E-state index in [1.54, 1.807) is 68.5 Å². The van der Waals surface area contributed by atoms with Crippen LogP contribution in [0.15, 0.2) is 71.6 Å². The number of rotatable bonds is 16. The Balaban J connectivity index is 0.000000135. The molecule has 20 nitrogen and oxygen atoms in total. The highest BCUT2D eigenvalue weighted by Gasteiger charge is 2.28. The number of esters is 1. The summed E-state index contributed by atoms with van der Waals surface area (Å²) in [7, 11) is 11.2. The van der Waals surface area contributed by atoms with Crippen LogP contribution in [0.1, 0.15) is 76.2 Å². The lowest BCUT2D eigenvalue weighted by molar-refractivity contribution is 0.0512. The topological polar surface area (TPSA) is 220 Å². The van der Waals surface area contributed by atoms with Crippen LogP contribution in [0.4, 0.5) is 17.5 Å². The van der Waals surface area contributed by atoms with Crippen molar-refractivity contribution in [3.8, 4) is 28.8 Å². The van der Waals surface area contributed by atoms with Crippen LogP contribution < -0.4 is 30.2 Å². The number of nitrogens with one attached hydrogen (secondary N) is 3. The molecule has 0 aliphatic carbocycles. The molecule has 0 atom stereocenters. The third-order valence-corrected chi connectivity index (χ3v) is 19.2. The molecule has 7 aromatic heterocycles. The number of methoxy groups -OCH3 is 3. The summed E-state index contributed by atoms with van der Waals surface area (Å²) < 4.78 is 26.2. The van der Waals surface area contributed by atoms with Crippen molar-refractivity contribution >= 4 is 129 Å². The highest BCUT2D eigenvalue weighted by molar-refractivity contribution is 7.19. The third kappa shape index (κ3) is 13.7. The molecule has 3 aliphatic heterocycles. The average molecular weight is 1290 g/mol. The molecular weight excluding hydrogens is 1230 g/mol. The largest absolute Gasteiger partial charge is 0.495 e. The van der Waals surface area contributed by atoms with Crippen molar-refractivity contribution in [3.63, 3.8) is 0 Å². The van der Waals surface area contributed by atoms with E-state index in [9.17, 15) is 9.59 Å². The van der Waals surface area contributed by atoms with Crippen LogP contribution in [0.25, 0.3) is 42.2 Å². The Hall–Kier alpha value is -7.32. The second-order valence-electron chi connectivity index (χ2n) is 20.9. The first-order valence-electron chi connectivity index (χ1n) is 27.9. The van der Waals surface area contributed by atoms with E-state index in [1.165, 1.54) is 37.7 Å². The predicted molar refractivity (Wildman–Crippen MR) is 345 cm³/mol. The number of halogens is 3. The number of oxazole rings is 1. The van der Waals surface area contributed by atoms with Gasteiger partial charge in [0.05, 0.1) is 65.4 Å². The molecule has 10 heterocycles. The number of ether oxygens (including phenoxy) is 4. The van der Waals surface area contributed by atoms with E-state index in [1.807, 2.05) is 54.6 Å². The third-order valence-electron chi connectivity index (χ3n) is 14.9. The molecule has 3 aliphatic rings. The average Bonchev–Trinajstić information content (AvgIpc) is 1.90. The summed E-state index contributed by atoms with van der Waals surface area (Å²) in [4.78, 5) is 68.5. The van der Waals surface area contributed by atoms with Crippen molar-refractivity contribution in [1.29, 1.82) is 0 Å². The fourth-order valence-corrected chi connectivity index (χ4v) is 15.3. The van der Waals surface area contributed by atoms with Crippen LogP contribution in [-0.4, -0.2) is 131 Å². The molecule has 452 valence electrons. The first kappa shape index (κ1) is 61.3. The normalized spacial score (nSPS) is 14.0. The molecular formula is C61H62Cl3N13O7S3. The zero-order chi connectivity index (χ0) is 60.9. The summed E-state index contributed by atoms with van der Waals surface area (Å²) in [6.07, 6.45) is 6.59. The lowest BCUT2D eigenvalue weighted by Gasteiger charge is -2.22. The number of thiophene rings is 3. The smallest absolute Gasteiger partial charge is 0.376 e. The van der Waals surface area contributed by atoms with Crippen molar-refractivity contribution in [2.24, 2.45) is 0 Å². The number of benzene rings is 3. The van der Waals surface area contributed by atoms with Crippen LogP contribution in [0.5, 0.6) is 17.2 Å². The SMILES string of the molecule is CCOC(=O)c1nc(NCc2ccc(OC)c(Cl)c2)c2c3c(sc2n1)CN(C)CC3.COc1ccc(CNc2nc(-c3cnco3)nc3sc4c(c23)CCN(C)C4)cc1Cl.COc1ccc(CNc2nc(C=O)nc3sc4c(c23)CCN(C)C4)cc1Cl. The minimum Gasteiger partial charge on any atom is -0.495 e. The molecule has 26 heteroatoms. The Morgan fingerprint density at radius 3 is 1.43 bits per heavy atom. The summed E-state index contributed by atoms with van der Waals surface area (Å²) in [5, 5.41) is 15.1. The number of hydrogen-bond donors (Lipinski definition) is 3. The van der Waals surface area contributed by atoms with Crippen molar-refractivity contribution in [2.75, 3.05) is 84.7 Å². The minimum atomic E-state index is -0.515. The van der Waals surface area contributed by atoms with Gasteiger partial charge in [-0.1, -0.05) is 53.0 Å². The summed E-state index contributed by atoms with van der Waals surface area (Å²) >= 11 is 23.8. The molecule has 0 saturated heterocycles. The first-order chi connectivity index (χ1) is 42.2. The Bertz CT molecular complexity index is 4160. The maximum atomic E-state index is 12.3. The zero-order valence-electron chi connectivity index (χ0n) is 48.8. The fraction of sp³-hybridized carbons (Fsp3) is 0.328. The van der Waals surface area contributed by atoms with Gasteiger partial charge >= 0.3 is 5.97 Å². The monoisotopic (exact) mass is 1290 g/mol. The molecule has 0 saturated carbocycles. The quantitative estimate of drug-likeness (QED) is 0.0605. The number of carbonyl (C=O) groups excluding carboxylic acids is 2. The van der Waals surface area contributed by atoms with Gasteiger partial charge in [-0.3, -0.25) is 4.79 Å². The van der Waals surface area contributed by atoms with E-state index >= 15 is 0 Å². The van der Waals surface area contributed by atoms with E-state index < -0.39 is 5.97 Å². The number of nitrogens with zero attached hydrogens (tertiary/aromatic N) is 10. The molecule has 3 N–H and O–H groups in total. The summed E-state index contributed by atoms with van der Waals surface area (Å²) in [5.74, 6) is 4.93. The lowest BCUT2D eigenvalue weighted by atomic mass is 10.1. The lowest BCUT2D eigenvalue weighted by Crippen LogP contribution is -2.25. The van der Waals surface area contributed by atoms with E-state index in [4.69, 9.17) is 68.1 Å². The van der Waals surface area contributed by atoms with Gasteiger partial charge in [0.15, 0.2) is 24.3 Å². The van der Waals surface area contributed by atoms with Gasteiger partial charge in [-0.05, 0) is 117 Å². The van der Waals surface area contributed by atoms with Crippen molar-refractivity contribution < 1.29 is 33.0 Å². The number of aldehydes is 1. The number of aromatic nitrogens is 7. The summed E-state index contributed by atoms with van der Waals surface area (Å²) in [6, 6.07) is 17.1. The second kappa shape index (κ2) is 27.4. The van der Waals surface area contributed by atoms with Gasteiger partial charge in [0.1, 0.15) is 49.2 Å². The van der Waals surface area contributed by atoms with Crippen LogP contribution in [0, 0.1) is 0 Å². The molecule has 0 bridgehead atoms. The maximum Gasteiger partial charge on any atom is 0.376 e. The Kier molecular flexibility index (Phi) is 19.3. The van der Waals surface area contributed by atoms with Crippen LogP contribution in [-0.2, 0) is 63.3 Å². The van der Waals surface area contributed by atoms with Crippen LogP contribution in [0.2, 0.25) is 15.1 Å². The first-order valence-corrected chi connectivity index (χ1v) is 31.5. The van der Waals surface area contributed by atoms with Crippen LogP contribution in [0.3, 0.4) is 0 Å². The summed E-state index contributed by atoms with van der Waals surface area (Å²) in [5.41, 5.74) is 6.92. The second-order valence-corrected chi connectivity index (χ2v) is 25.4. The van der Waals surface area contributed by atoms with E-state index in [0.29, 0.717) is 81.5 Å². The maximum absolute atomic E-state index is 12.3. The standard InChI is InChI=1S/C21H20ClN5O2S.C21H23ClN4O3S.C19H19ClN4O2S/c1-27-6-5-13-17(10-27)30-21-18(13)20(25-19(26-21)16-9-23-11-29-16)24-8-12-3-4-15(28-2)14(22)7-12;1-4-29-21(27)19-24-18(23-10-12-5-6-15(28-3)14(22)9-12)17-13-7-8-26(2)11-16(13)30-20(17)25-19;1-24-6-5-12-15(9-24)27-19-17(12)18(22-16(10-25)23-19)21-8-11-3-4-14(26-2)13(20)7-11/h3-4,7,9,11H,5-6,8,10H2,1-2H3,(H,24,25,26);5-6,9H,4,7-8,10-11H2,1-3H3,(H,23,24,25);3-4,7,10H,5-6,8-9H2,1-2H3,(H,21,22,23). The fourth-order valence-electron chi connectivity index (χ4n) is 10.6. The Morgan fingerprint density at radius 1 is 0.598 bits per heavy atom. The number of anilines is 3. The highest BCUT2D eigenvalue weighted by Crippen LogP contribution is 2.42. The molecule has 87 heavy (non-hydrogen) atoms. The van der Waals surface area contributed by atoms with Crippen molar-refractivity contribution in [3.05, 3.63) is 142 Å². The zero-order valence-corrected chi connectivity index (χ0v) is 53.5.